The molecule has 102 valence electrons. The number of fused-ring (bicyclic) bond motifs is 1. The fourth-order valence-electron chi connectivity index (χ4n) is 3.37. The zero-order valence-corrected chi connectivity index (χ0v) is 15.5. The SMILES string of the molecule is C[C@H]1c2ccccc2CC[N@@+]1(C)C[Si](C)(C)C.[I-]. The Labute approximate surface area is 130 Å². The predicted molar refractivity (Wildman–Crippen MR) is 77.8 cm³/mol. The maximum Gasteiger partial charge on any atom is 0.112 e. The molecule has 3 heteroatoms. The van der Waals surface area contributed by atoms with Crippen LogP contribution >= 0.6 is 0 Å². The van der Waals surface area contributed by atoms with Gasteiger partial charge in [-0.25, -0.2) is 0 Å². The third-order valence-electron chi connectivity index (χ3n) is 4.17. The van der Waals surface area contributed by atoms with E-state index in [9.17, 15) is 0 Å². The molecule has 0 saturated heterocycles. The zero-order valence-electron chi connectivity index (χ0n) is 12.3. The molecule has 0 spiro atoms. The Morgan fingerprint density at radius 3 is 2.44 bits per heavy atom. The summed E-state index contributed by atoms with van der Waals surface area (Å²) in [5.74, 6) is 0. The number of halogens is 1. The van der Waals surface area contributed by atoms with E-state index in [1.165, 1.54) is 23.6 Å². The molecule has 1 aliphatic heterocycles. The predicted octanol–water partition coefficient (Wildman–Crippen LogP) is 0.632. The number of rotatable bonds is 2. The third kappa shape index (κ3) is 3.36. The van der Waals surface area contributed by atoms with Gasteiger partial charge in [0.15, 0.2) is 0 Å². The van der Waals surface area contributed by atoms with Crippen molar-refractivity contribution >= 4 is 8.07 Å². The number of benzene rings is 1. The van der Waals surface area contributed by atoms with Gasteiger partial charge < -0.3 is 28.5 Å². The summed E-state index contributed by atoms with van der Waals surface area (Å²) in [7, 11) is 1.45. The first-order valence-electron chi connectivity index (χ1n) is 6.74. The lowest BCUT2D eigenvalue weighted by atomic mass is 9.92. The molecule has 0 aromatic heterocycles. The second-order valence-electron chi connectivity index (χ2n) is 7.05. The molecular formula is C15H26INSi. The summed E-state index contributed by atoms with van der Waals surface area (Å²) < 4.78 is 1.24. The lowest BCUT2D eigenvalue weighted by molar-refractivity contribution is -0.930. The summed E-state index contributed by atoms with van der Waals surface area (Å²) in [6, 6.07) is 9.68. The van der Waals surface area contributed by atoms with Crippen molar-refractivity contribution in [2.75, 3.05) is 19.8 Å². The van der Waals surface area contributed by atoms with Crippen LogP contribution in [0.5, 0.6) is 0 Å². The van der Waals surface area contributed by atoms with Crippen molar-refractivity contribution < 1.29 is 28.5 Å². The first kappa shape index (κ1) is 16.2. The minimum absolute atomic E-state index is 0. The minimum atomic E-state index is -1.01. The smallest absolute Gasteiger partial charge is 0.112 e. The number of likely N-dealkylation sites (N-methyl/N-ethyl adjacent to an activating group) is 1. The quantitative estimate of drug-likeness (QED) is 0.404. The van der Waals surface area contributed by atoms with Gasteiger partial charge in [-0.1, -0.05) is 43.9 Å². The second-order valence-corrected chi connectivity index (χ2v) is 12.5. The largest absolute Gasteiger partial charge is 1.00 e. The van der Waals surface area contributed by atoms with Crippen LogP contribution in [0.15, 0.2) is 24.3 Å². The highest BCUT2D eigenvalue weighted by molar-refractivity contribution is 6.76. The zero-order chi connectivity index (χ0) is 12.7. The van der Waals surface area contributed by atoms with Crippen LogP contribution in [0.1, 0.15) is 24.1 Å². The van der Waals surface area contributed by atoms with E-state index in [-0.39, 0.29) is 24.0 Å². The highest BCUT2D eigenvalue weighted by atomic mass is 127. The average Bonchev–Trinajstić information content (AvgIpc) is 2.22. The van der Waals surface area contributed by atoms with Crippen LogP contribution < -0.4 is 24.0 Å². The van der Waals surface area contributed by atoms with Gasteiger partial charge in [-0.2, -0.15) is 0 Å². The van der Waals surface area contributed by atoms with Crippen molar-refractivity contribution in [1.82, 2.24) is 0 Å². The minimum Gasteiger partial charge on any atom is -1.00 e. The summed E-state index contributed by atoms with van der Waals surface area (Å²) in [5, 5.41) is 0. The molecule has 1 heterocycles. The van der Waals surface area contributed by atoms with Gasteiger partial charge in [0.25, 0.3) is 0 Å². The molecule has 1 aromatic carbocycles. The Morgan fingerprint density at radius 1 is 1.22 bits per heavy atom. The maximum atomic E-state index is 2.49. The number of hydrogen-bond donors (Lipinski definition) is 0. The molecule has 18 heavy (non-hydrogen) atoms. The molecule has 0 radical (unpaired) electrons. The molecule has 1 aliphatic rings. The highest BCUT2D eigenvalue weighted by Gasteiger charge is 2.39. The van der Waals surface area contributed by atoms with Crippen LogP contribution in [-0.2, 0) is 6.42 Å². The van der Waals surface area contributed by atoms with Crippen molar-refractivity contribution in [2.24, 2.45) is 0 Å². The normalized spacial score (nSPS) is 27.3. The molecule has 0 aliphatic carbocycles. The Morgan fingerprint density at radius 2 is 1.83 bits per heavy atom. The van der Waals surface area contributed by atoms with Crippen LogP contribution in [-0.4, -0.2) is 32.3 Å². The molecule has 0 unspecified atom stereocenters. The highest BCUT2D eigenvalue weighted by Crippen LogP contribution is 2.35. The van der Waals surface area contributed by atoms with Gasteiger partial charge in [0.2, 0.25) is 0 Å². The summed E-state index contributed by atoms with van der Waals surface area (Å²) >= 11 is 0. The van der Waals surface area contributed by atoms with E-state index >= 15 is 0 Å². The first-order valence-corrected chi connectivity index (χ1v) is 10.4. The van der Waals surface area contributed by atoms with Crippen LogP contribution in [0.25, 0.3) is 0 Å². The maximum absolute atomic E-state index is 2.49. The lowest BCUT2D eigenvalue weighted by Crippen LogP contribution is -3.00. The van der Waals surface area contributed by atoms with E-state index in [2.05, 4.69) is 57.9 Å². The van der Waals surface area contributed by atoms with Crippen molar-refractivity contribution in [3.63, 3.8) is 0 Å². The number of nitrogens with zero attached hydrogens (tertiary/aromatic N) is 1. The molecule has 0 saturated carbocycles. The second kappa shape index (κ2) is 5.63. The number of hydrogen-bond acceptors (Lipinski definition) is 0. The van der Waals surface area contributed by atoms with Gasteiger partial charge in [-0.05, 0) is 12.5 Å². The van der Waals surface area contributed by atoms with Gasteiger partial charge in [-0.3, -0.25) is 0 Å². The molecule has 2 rings (SSSR count). The van der Waals surface area contributed by atoms with Gasteiger partial charge in [0.05, 0.1) is 19.8 Å². The molecule has 1 nitrogen and oxygen atoms in total. The molecule has 0 bridgehead atoms. The lowest BCUT2D eigenvalue weighted by Gasteiger charge is -2.47. The molecule has 0 N–H and O–H groups in total. The van der Waals surface area contributed by atoms with Crippen molar-refractivity contribution in [1.29, 1.82) is 0 Å². The van der Waals surface area contributed by atoms with Crippen molar-refractivity contribution in [3.05, 3.63) is 35.4 Å². The van der Waals surface area contributed by atoms with Crippen LogP contribution in [0.2, 0.25) is 19.6 Å². The average molecular weight is 375 g/mol. The Kier molecular flexibility index (Phi) is 5.06. The van der Waals surface area contributed by atoms with E-state index in [0.29, 0.717) is 6.04 Å². The van der Waals surface area contributed by atoms with Gasteiger partial charge in [0.1, 0.15) is 14.1 Å². The van der Waals surface area contributed by atoms with Crippen molar-refractivity contribution in [3.8, 4) is 0 Å². The Balaban J connectivity index is 0.00000162. The van der Waals surface area contributed by atoms with Gasteiger partial charge in [0, 0.05) is 12.0 Å². The van der Waals surface area contributed by atoms with Gasteiger partial charge >= 0.3 is 0 Å². The third-order valence-corrected chi connectivity index (χ3v) is 5.84. The molecule has 0 amide bonds. The van der Waals surface area contributed by atoms with Crippen molar-refractivity contribution in [2.45, 2.75) is 39.0 Å². The molecule has 0 fully saturated rings. The standard InChI is InChI=1S/C15H26NSi.HI/c1-13-15-9-7-6-8-14(15)10-11-16(13,2)12-17(3,4)5;/h6-9,13H,10-12H2,1-5H3;1H/q+1;/p-1/t13-,16-;/m0./s1. The topological polar surface area (TPSA) is 0 Å². The van der Waals surface area contributed by atoms with Crippen LogP contribution in [0, 0.1) is 0 Å². The fourth-order valence-corrected chi connectivity index (χ4v) is 5.97. The Hall–Kier alpha value is 0.127. The van der Waals surface area contributed by atoms with E-state index in [1.807, 2.05) is 0 Å². The first-order chi connectivity index (χ1) is 7.82. The number of quaternary nitrogens is 1. The van der Waals surface area contributed by atoms with E-state index in [0.717, 1.165) is 0 Å². The summed E-state index contributed by atoms with van der Waals surface area (Å²) in [4.78, 5) is 0. The van der Waals surface area contributed by atoms with Crippen LogP contribution in [0.3, 0.4) is 0 Å². The van der Waals surface area contributed by atoms with E-state index in [1.54, 1.807) is 11.1 Å². The van der Waals surface area contributed by atoms with E-state index < -0.39 is 8.07 Å². The van der Waals surface area contributed by atoms with Gasteiger partial charge in [-0.15, -0.1) is 0 Å². The molecule has 1 aromatic rings. The monoisotopic (exact) mass is 375 g/mol. The summed E-state index contributed by atoms with van der Waals surface area (Å²) in [5.41, 5.74) is 3.16. The van der Waals surface area contributed by atoms with Crippen LogP contribution in [0.4, 0.5) is 0 Å². The summed E-state index contributed by atoms with van der Waals surface area (Å²) in [6.45, 7) is 11.2. The fraction of sp³-hybridized carbons (Fsp3) is 0.600. The van der Waals surface area contributed by atoms with E-state index in [4.69, 9.17) is 0 Å². The molecule has 2 atom stereocenters. The molecular weight excluding hydrogens is 349 g/mol. The summed E-state index contributed by atoms with van der Waals surface area (Å²) in [6.07, 6.45) is 2.64. The Bertz CT molecular complexity index is 413.